The van der Waals surface area contributed by atoms with Gasteiger partial charge in [-0.1, -0.05) is 12.1 Å². The van der Waals surface area contributed by atoms with Gasteiger partial charge < -0.3 is 15.5 Å². The Morgan fingerprint density at radius 1 is 1.29 bits per heavy atom. The van der Waals surface area contributed by atoms with Crippen LogP contribution in [0.2, 0.25) is 0 Å². The van der Waals surface area contributed by atoms with Crippen LogP contribution in [0.3, 0.4) is 0 Å². The second-order valence-corrected chi connectivity index (χ2v) is 9.84. The fourth-order valence-electron chi connectivity index (χ4n) is 4.18. The molecule has 13 heteroatoms. The van der Waals surface area contributed by atoms with Gasteiger partial charge in [0.05, 0.1) is 12.5 Å². The van der Waals surface area contributed by atoms with Crippen molar-refractivity contribution in [3.05, 3.63) is 49.4 Å². The first-order valence-electron chi connectivity index (χ1n) is 12.1. The number of aromatic nitrogens is 1. The Morgan fingerprint density at radius 3 is 2.61 bits per heavy atom. The van der Waals surface area contributed by atoms with Crippen LogP contribution < -0.4 is 25.4 Å². The number of alkyl halides is 5. The van der Waals surface area contributed by atoms with Crippen LogP contribution in [0.25, 0.3) is 11.8 Å². The normalized spacial score (nSPS) is 16.4. The highest BCUT2D eigenvalue weighted by Gasteiger charge is 2.40. The van der Waals surface area contributed by atoms with Crippen molar-refractivity contribution in [3.8, 4) is 6.07 Å². The second-order valence-electron chi connectivity index (χ2n) is 8.81. The summed E-state index contributed by atoms with van der Waals surface area (Å²) in [5, 5.41) is 14.5. The fourth-order valence-corrected chi connectivity index (χ4v) is 5.27. The van der Waals surface area contributed by atoms with Crippen molar-refractivity contribution in [1.29, 1.82) is 5.26 Å². The van der Waals surface area contributed by atoms with Crippen LogP contribution in [0.15, 0.2) is 29.1 Å². The highest BCUT2D eigenvalue weighted by Crippen LogP contribution is 2.34. The van der Waals surface area contributed by atoms with Crippen LogP contribution in [-0.4, -0.2) is 54.2 Å². The summed E-state index contributed by atoms with van der Waals surface area (Å²) < 4.78 is 65.0. The minimum atomic E-state index is -4.14. The Morgan fingerprint density at radius 2 is 2.00 bits per heavy atom. The van der Waals surface area contributed by atoms with Crippen LogP contribution in [-0.2, 0) is 17.8 Å². The van der Waals surface area contributed by atoms with Crippen molar-refractivity contribution in [2.75, 3.05) is 31.5 Å². The average molecular weight is 558 g/mol. The molecule has 1 aromatic carbocycles. The van der Waals surface area contributed by atoms with Gasteiger partial charge in [-0.05, 0) is 57.0 Å². The average Bonchev–Trinajstić information content (AvgIpc) is 3.20. The number of thiazole rings is 1. The number of nitriles is 1. The number of hydrogen-bond acceptors (Lipinski definition) is 6. The molecule has 0 bridgehead atoms. The third-order valence-corrected chi connectivity index (χ3v) is 7.39. The highest BCUT2D eigenvalue weighted by molar-refractivity contribution is 7.07. The standard InChI is InChI=1S/C25H28F5N5O2S/c1-2-35-23(37)20(38-24(35)19(13-31)22(36)33-15-21(26)27)14-32-18-5-3-4-16(12-18)6-9-34-10-7-17(8-11-34)25(28,29)30/h3-5,12,14,17,21,32H,2,6-11,15H2,1H3,(H,33,36)/b20-14+,24-19-. The fraction of sp³-hybridized carbons (Fsp3) is 0.480. The first-order chi connectivity index (χ1) is 18.0. The highest BCUT2D eigenvalue weighted by atomic mass is 32.1. The molecule has 1 aliphatic rings. The van der Waals surface area contributed by atoms with E-state index in [2.05, 4.69) is 5.32 Å². The van der Waals surface area contributed by atoms with Gasteiger partial charge in [-0.2, -0.15) is 18.4 Å². The number of carbonyl (C=O) groups is 1. The smallest absolute Gasteiger partial charge is 0.360 e. The van der Waals surface area contributed by atoms with E-state index in [1.165, 1.54) is 10.8 Å². The van der Waals surface area contributed by atoms with Gasteiger partial charge in [0.15, 0.2) is 5.57 Å². The topological polar surface area (TPSA) is 90.2 Å². The number of anilines is 1. The summed E-state index contributed by atoms with van der Waals surface area (Å²) in [6, 6.07) is 9.09. The zero-order valence-corrected chi connectivity index (χ0v) is 21.5. The zero-order valence-electron chi connectivity index (χ0n) is 20.7. The quantitative estimate of drug-likeness (QED) is 0.463. The van der Waals surface area contributed by atoms with Crippen LogP contribution in [0.5, 0.6) is 0 Å². The number of carbonyl (C=O) groups excluding carboxylic acids is 1. The molecule has 0 atom stereocenters. The summed E-state index contributed by atoms with van der Waals surface area (Å²) >= 11 is 0.898. The minimum absolute atomic E-state index is 0.0721. The summed E-state index contributed by atoms with van der Waals surface area (Å²) in [5.41, 5.74) is 0.785. The Hall–Kier alpha value is -3.24. The predicted molar refractivity (Wildman–Crippen MR) is 135 cm³/mol. The number of piperidine rings is 1. The number of likely N-dealkylation sites (tertiary alicyclic amines) is 1. The van der Waals surface area contributed by atoms with E-state index < -0.39 is 42.1 Å². The third kappa shape index (κ3) is 7.64. The molecule has 7 nitrogen and oxygen atoms in total. The Bertz CT molecular complexity index is 1340. The monoisotopic (exact) mass is 557 g/mol. The van der Waals surface area contributed by atoms with E-state index in [0.717, 1.165) is 16.9 Å². The van der Waals surface area contributed by atoms with Crippen molar-refractivity contribution >= 4 is 34.7 Å². The molecule has 0 aliphatic carbocycles. The molecule has 1 saturated heterocycles. The second kappa shape index (κ2) is 13.0. The summed E-state index contributed by atoms with van der Waals surface area (Å²) in [5.74, 6) is -2.21. The molecule has 1 aliphatic heterocycles. The molecule has 38 heavy (non-hydrogen) atoms. The lowest BCUT2D eigenvalue weighted by molar-refractivity contribution is -0.185. The summed E-state index contributed by atoms with van der Waals surface area (Å²) in [7, 11) is 0. The van der Waals surface area contributed by atoms with Crippen molar-refractivity contribution in [3.63, 3.8) is 0 Å². The minimum Gasteiger partial charge on any atom is -0.360 e. The molecule has 2 N–H and O–H groups in total. The predicted octanol–water partition coefficient (Wildman–Crippen LogP) is 2.65. The van der Waals surface area contributed by atoms with E-state index in [0.29, 0.717) is 31.7 Å². The first kappa shape index (κ1) is 29.3. The van der Waals surface area contributed by atoms with E-state index in [-0.39, 0.29) is 28.6 Å². The van der Waals surface area contributed by atoms with Crippen LogP contribution in [0.1, 0.15) is 25.3 Å². The summed E-state index contributed by atoms with van der Waals surface area (Å²) in [6.45, 7) is 2.37. The van der Waals surface area contributed by atoms with Crippen LogP contribution in [0.4, 0.5) is 27.6 Å². The van der Waals surface area contributed by atoms with E-state index in [1.54, 1.807) is 19.1 Å². The maximum atomic E-state index is 12.9. The van der Waals surface area contributed by atoms with Gasteiger partial charge in [0.1, 0.15) is 15.3 Å². The Kier molecular flexibility index (Phi) is 10.0. The lowest BCUT2D eigenvalue weighted by Crippen LogP contribution is -2.39. The molecule has 2 aromatic rings. The molecule has 2 heterocycles. The zero-order chi connectivity index (χ0) is 27.9. The van der Waals surface area contributed by atoms with E-state index in [9.17, 15) is 36.8 Å². The number of halogens is 5. The third-order valence-electron chi connectivity index (χ3n) is 6.26. The molecule has 1 aromatic heterocycles. The maximum Gasteiger partial charge on any atom is 0.391 e. The lowest BCUT2D eigenvalue weighted by atomic mass is 9.96. The van der Waals surface area contributed by atoms with E-state index in [4.69, 9.17) is 0 Å². The van der Waals surface area contributed by atoms with Gasteiger partial charge >= 0.3 is 6.18 Å². The number of nitrogens with one attached hydrogen (secondary N) is 2. The van der Waals surface area contributed by atoms with Crippen molar-refractivity contribution in [1.82, 2.24) is 14.8 Å². The molecule has 206 valence electrons. The van der Waals surface area contributed by atoms with Gasteiger partial charge in [-0.25, -0.2) is 8.78 Å². The van der Waals surface area contributed by atoms with Crippen molar-refractivity contribution in [2.24, 2.45) is 5.92 Å². The van der Waals surface area contributed by atoms with Gasteiger partial charge in [0, 0.05) is 25.0 Å². The number of hydrogen-bond donors (Lipinski definition) is 2. The van der Waals surface area contributed by atoms with Crippen molar-refractivity contribution < 1.29 is 26.7 Å². The number of amides is 1. The summed E-state index contributed by atoms with van der Waals surface area (Å²) in [4.78, 5) is 27.1. The van der Waals surface area contributed by atoms with Gasteiger partial charge in [-0.3, -0.25) is 14.2 Å². The van der Waals surface area contributed by atoms with Gasteiger partial charge in [-0.15, -0.1) is 11.3 Å². The van der Waals surface area contributed by atoms with E-state index in [1.807, 2.05) is 28.4 Å². The number of nitrogens with zero attached hydrogens (tertiary/aromatic N) is 3. The molecule has 1 fully saturated rings. The van der Waals surface area contributed by atoms with Gasteiger partial charge in [0.2, 0.25) is 0 Å². The molecule has 0 spiro atoms. The number of benzene rings is 1. The Balaban J connectivity index is 1.72. The first-order valence-corrected chi connectivity index (χ1v) is 12.9. The molecule has 1 amide bonds. The molecule has 0 radical (unpaired) electrons. The van der Waals surface area contributed by atoms with Crippen molar-refractivity contribution in [2.45, 2.75) is 45.3 Å². The maximum absolute atomic E-state index is 12.9. The largest absolute Gasteiger partial charge is 0.391 e. The SMILES string of the molecule is CCn1c(=O)/c(=C\Nc2cccc(CCN3CCC(C(F)(F)F)CC3)c2)s/c1=C(/C#N)C(=O)NCC(F)F. The van der Waals surface area contributed by atoms with Crippen LogP contribution >= 0.6 is 11.3 Å². The molecular formula is C25H28F5N5O2S. The molecular weight excluding hydrogens is 529 g/mol. The van der Waals surface area contributed by atoms with Gasteiger partial charge in [0.25, 0.3) is 17.9 Å². The molecule has 0 saturated carbocycles. The number of rotatable bonds is 9. The molecule has 0 unspecified atom stereocenters. The molecule has 3 rings (SSSR count). The lowest BCUT2D eigenvalue weighted by Gasteiger charge is -2.32. The summed E-state index contributed by atoms with van der Waals surface area (Å²) in [6.07, 6.45) is -4.60. The van der Waals surface area contributed by atoms with E-state index >= 15 is 0 Å². The Labute approximate surface area is 219 Å². The van der Waals surface area contributed by atoms with Crippen LogP contribution in [0, 0.1) is 17.2 Å².